The molecule has 3 heterocycles. The molecule has 168 valence electrons. The van der Waals surface area contributed by atoms with Gasteiger partial charge in [-0.05, 0) is 36.4 Å². The second kappa shape index (κ2) is 9.25. The van der Waals surface area contributed by atoms with Gasteiger partial charge in [0, 0.05) is 23.7 Å². The third kappa shape index (κ3) is 4.49. The van der Waals surface area contributed by atoms with E-state index in [1.54, 1.807) is 18.2 Å². The molecule has 0 saturated carbocycles. The molecular weight excluding hydrogens is 424 g/mol. The molecule has 2 aromatic heterocycles. The number of para-hydroxylation sites is 1. The summed E-state index contributed by atoms with van der Waals surface area (Å²) in [5, 5.41) is 5.01. The first-order valence-corrected chi connectivity index (χ1v) is 10.6. The van der Waals surface area contributed by atoms with Crippen molar-refractivity contribution in [1.82, 2.24) is 20.0 Å². The lowest BCUT2D eigenvalue weighted by atomic mass is 10.2. The summed E-state index contributed by atoms with van der Waals surface area (Å²) in [7, 11) is 1.61. The summed E-state index contributed by atoms with van der Waals surface area (Å²) in [6, 6.07) is 16.8. The van der Waals surface area contributed by atoms with Crippen LogP contribution in [-0.2, 0) is 9.53 Å². The van der Waals surface area contributed by atoms with Crippen molar-refractivity contribution in [2.24, 2.45) is 0 Å². The number of nitrogens with zero attached hydrogens (tertiary/aromatic N) is 4. The lowest BCUT2D eigenvalue weighted by Gasteiger charge is -2.31. The molecule has 1 atom stereocenters. The topological polar surface area (TPSA) is 99.8 Å². The molecule has 1 aliphatic heterocycles. The van der Waals surface area contributed by atoms with Gasteiger partial charge in [0.2, 0.25) is 5.82 Å². The number of aromatic nitrogens is 3. The first-order chi connectivity index (χ1) is 16.2. The Labute approximate surface area is 189 Å². The van der Waals surface area contributed by atoms with Gasteiger partial charge in [0.25, 0.3) is 11.8 Å². The number of carbonyl (C=O) groups excluding carboxylic acids is 1. The largest absolute Gasteiger partial charge is 0.497 e. The molecule has 1 aliphatic rings. The quantitative estimate of drug-likeness (QED) is 0.445. The second-order valence-corrected chi connectivity index (χ2v) is 7.50. The van der Waals surface area contributed by atoms with Crippen LogP contribution >= 0.6 is 0 Å². The van der Waals surface area contributed by atoms with E-state index in [0.717, 1.165) is 22.2 Å². The van der Waals surface area contributed by atoms with Gasteiger partial charge in [0.05, 0.1) is 20.3 Å². The van der Waals surface area contributed by atoms with Crippen LogP contribution in [0.3, 0.4) is 0 Å². The molecule has 0 unspecified atom stereocenters. The SMILES string of the molecule is COc1ccc(-c2noc([C@H]3CN(C(=O)COc4cccc5cccnc45)CCO3)n2)cc1. The van der Waals surface area contributed by atoms with Gasteiger partial charge in [-0.25, -0.2) is 0 Å². The van der Waals surface area contributed by atoms with Gasteiger partial charge >= 0.3 is 0 Å². The molecule has 2 aromatic carbocycles. The molecule has 0 bridgehead atoms. The molecule has 9 nitrogen and oxygen atoms in total. The standard InChI is InChI=1S/C24H22N4O5/c1-30-18-9-7-17(8-10-18)23-26-24(33-27-23)20-14-28(12-13-31-20)21(29)15-32-19-6-2-4-16-5-3-11-25-22(16)19/h2-11,20H,12-15H2,1H3/t20-/m1/s1. The number of fused-ring (bicyclic) bond motifs is 1. The lowest BCUT2D eigenvalue weighted by molar-refractivity contribution is -0.142. The van der Waals surface area contributed by atoms with Gasteiger partial charge in [0.1, 0.15) is 17.0 Å². The maximum Gasteiger partial charge on any atom is 0.260 e. The minimum atomic E-state index is -0.499. The molecular formula is C24H22N4O5. The molecule has 1 saturated heterocycles. The van der Waals surface area contributed by atoms with E-state index in [9.17, 15) is 4.79 Å². The number of benzene rings is 2. The molecule has 0 spiro atoms. The van der Waals surface area contributed by atoms with Crippen LogP contribution < -0.4 is 9.47 Å². The van der Waals surface area contributed by atoms with E-state index in [2.05, 4.69) is 15.1 Å². The van der Waals surface area contributed by atoms with Crippen LogP contribution in [0.25, 0.3) is 22.3 Å². The van der Waals surface area contributed by atoms with Crippen molar-refractivity contribution in [1.29, 1.82) is 0 Å². The maximum atomic E-state index is 12.8. The fourth-order valence-electron chi connectivity index (χ4n) is 3.67. The fraction of sp³-hybridized carbons (Fsp3) is 0.250. The number of hydrogen-bond acceptors (Lipinski definition) is 8. The highest BCUT2D eigenvalue weighted by Crippen LogP contribution is 2.26. The summed E-state index contributed by atoms with van der Waals surface area (Å²) < 4.78 is 22.2. The number of morpholine rings is 1. The number of rotatable bonds is 6. The Hall–Kier alpha value is -3.98. The summed E-state index contributed by atoms with van der Waals surface area (Å²) >= 11 is 0. The number of ether oxygens (including phenoxy) is 3. The summed E-state index contributed by atoms with van der Waals surface area (Å²) in [5.41, 5.74) is 1.52. The zero-order chi connectivity index (χ0) is 22.6. The smallest absolute Gasteiger partial charge is 0.260 e. The highest BCUT2D eigenvalue weighted by Gasteiger charge is 2.30. The highest BCUT2D eigenvalue weighted by molar-refractivity contribution is 5.85. The van der Waals surface area contributed by atoms with Gasteiger partial charge < -0.3 is 23.6 Å². The van der Waals surface area contributed by atoms with E-state index < -0.39 is 6.10 Å². The van der Waals surface area contributed by atoms with Crippen LogP contribution in [0.1, 0.15) is 12.0 Å². The Morgan fingerprint density at radius 3 is 2.85 bits per heavy atom. The van der Waals surface area contributed by atoms with Crippen molar-refractivity contribution in [2.45, 2.75) is 6.10 Å². The van der Waals surface area contributed by atoms with E-state index in [1.807, 2.05) is 54.6 Å². The molecule has 0 N–H and O–H groups in total. The van der Waals surface area contributed by atoms with Crippen molar-refractivity contribution >= 4 is 16.8 Å². The van der Waals surface area contributed by atoms with Crippen molar-refractivity contribution in [3.05, 3.63) is 66.7 Å². The molecule has 5 rings (SSSR count). The van der Waals surface area contributed by atoms with Gasteiger partial charge in [-0.15, -0.1) is 0 Å². The molecule has 9 heteroatoms. The third-order valence-electron chi connectivity index (χ3n) is 5.43. The van der Waals surface area contributed by atoms with Gasteiger partial charge in [-0.2, -0.15) is 4.98 Å². The normalized spacial score (nSPS) is 16.0. The number of amides is 1. The van der Waals surface area contributed by atoms with E-state index in [0.29, 0.717) is 37.2 Å². The zero-order valence-corrected chi connectivity index (χ0v) is 18.0. The van der Waals surface area contributed by atoms with E-state index >= 15 is 0 Å². The summed E-state index contributed by atoms with van der Waals surface area (Å²) in [6.07, 6.45) is 1.20. The molecule has 4 aromatic rings. The van der Waals surface area contributed by atoms with Crippen LogP contribution in [0.2, 0.25) is 0 Å². The van der Waals surface area contributed by atoms with E-state index in [4.69, 9.17) is 18.7 Å². The predicted octanol–water partition coefficient (Wildman–Crippen LogP) is 3.27. The number of methoxy groups -OCH3 is 1. The summed E-state index contributed by atoms with van der Waals surface area (Å²) in [6.45, 7) is 1.04. The molecule has 0 aliphatic carbocycles. The van der Waals surface area contributed by atoms with Crippen molar-refractivity contribution in [3.63, 3.8) is 0 Å². The molecule has 33 heavy (non-hydrogen) atoms. The first kappa shape index (κ1) is 20.9. The van der Waals surface area contributed by atoms with E-state index in [-0.39, 0.29) is 12.5 Å². The van der Waals surface area contributed by atoms with Crippen LogP contribution in [0, 0.1) is 0 Å². The Kier molecular flexibility index (Phi) is 5.86. The average molecular weight is 446 g/mol. The lowest BCUT2D eigenvalue weighted by Crippen LogP contribution is -2.44. The van der Waals surface area contributed by atoms with Crippen LogP contribution in [0.5, 0.6) is 11.5 Å². The Balaban J connectivity index is 1.23. The van der Waals surface area contributed by atoms with Gasteiger partial charge in [-0.1, -0.05) is 23.4 Å². The van der Waals surface area contributed by atoms with Gasteiger partial charge in [-0.3, -0.25) is 9.78 Å². The average Bonchev–Trinajstić information content (AvgIpc) is 3.38. The minimum absolute atomic E-state index is 0.0939. The third-order valence-corrected chi connectivity index (χ3v) is 5.43. The predicted molar refractivity (Wildman–Crippen MR) is 119 cm³/mol. The van der Waals surface area contributed by atoms with Crippen LogP contribution in [-0.4, -0.2) is 59.3 Å². The van der Waals surface area contributed by atoms with Crippen LogP contribution in [0.15, 0.2) is 65.3 Å². The fourth-order valence-corrected chi connectivity index (χ4v) is 3.67. The van der Waals surface area contributed by atoms with Crippen molar-refractivity contribution in [3.8, 4) is 22.9 Å². The molecule has 1 fully saturated rings. The monoisotopic (exact) mass is 446 g/mol. The molecule has 1 amide bonds. The zero-order valence-electron chi connectivity index (χ0n) is 18.0. The van der Waals surface area contributed by atoms with Crippen molar-refractivity contribution < 1.29 is 23.5 Å². The Morgan fingerprint density at radius 1 is 1.15 bits per heavy atom. The van der Waals surface area contributed by atoms with Crippen LogP contribution in [0.4, 0.5) is 0 Å². The second-order valence-electron chi connectivity index (χ2n) is 7.50. The summed E-state index contributed by atoms with van der Waals surface area (Å²) in [4.78, 5) is 23.3. The highest BCUT2D eigenvalue weighted by atomic mass is 16.5. The number of pyridine rings is 1. The minimum Gasteiger partial charge on any atom is -0.497 e. The maximum absolute atomic E-state index is 12.8. The Morgan fingerprint density at radius 2 is 2.00 bits per heavy atom. The number of carbonyl (C=O) groups is 1. The van der Waals surface area contributed by atoms with Gasteiger partial charge in [0.15, 0.2) is 12.7 Å². The summed E-state index contributed by atoms with van der Waals surface area (Å²) in [5.74, 6) is 1.95. The first-order valence-electron chi connectivity index (χ1n) is 10.6. The molecule has 0 radical (unpaired) electrons. The van der Waals surface area contributed by atoms with E-state index in [1.165, 1.54) is 0 Å². The number of hydrogen-bond donors (Lipinski definition) is 0. The van der Waals surface area contributed by atoms with Crippen molar-refractivity contribution in [2.75, 3.05) is 33.4 Å². The Bertz CT molecular complexity index is 1250.